The molecule has 0 unspecified atom stereocenters. The van der Waals surface area contributed by atoms with Gasteiger partial charge in [0.1, 0.15) is 0 Å². The SMILES string of the molecule is Cl.Cl.Cl.NS(=O)(=O)C1CCNCC1. The van der Waals surface area contributed by atoms with Gasteiger partial charge in [0.2, 0.25) is 10.0 Å². The Bertz CT molecular complexity index is 204. The van der Waals surface area contributed by atoms with Gasteiger partial charge in [-0.15, -0.1) is 37.2 Å². The Hall–Kier alpha value is 0.740. The molecule has 0 aromatic rings. The number of sulfonamides is 1. The molecule has 3 N–H and O–H groups in total. The number of rotatable bonds is 1. The molecule has 1 fully saturated rings. The van der Waals surface area contributed by atoms with Crippen molar-refractivity contribution in [1.82, 2.24) is 5.32 Å². The molecule has 84 valence electrons. The Labute approximate surface area is 97.3 Å². The van der Waals surface area contributed by atoms with E-state index in [0.717, 1.165) is 13.1 Å². The highest BCUT2D eigenvalue weighted by Crippen LogP contribution is 2.08. The highest BCUT2D eigenvalue weighted by Gasteiger charge is 2.22. The summed E-state index contributed by atoms with van der Waals surface area (Å²) in [5.41, 5.74) is 0. The molecule has 1 rings (SSSR count). The Kier molecular flexibility index (Phi) is 12.0. The Morgan fingerprint density at radius 1 is 1.08 bits per heavy atom. The molecular weight excluding hydrogens is 258 g/mol. The lowest BCUT2D eigenvalue weighted by Crippen LogP contribution is -2.38. The maximum Gasteiger partial charge on any atom is 0.212 e. The van der Waals surface area contributed by atoms with Crippen molar-refractivity contribution in [3.05, 3.63) is 0 Å². The normalized spacial score (nSPS) is 17.6. The van der Waals surface area contributed by atoms with Crippen molar-refractivity contribution in [3.8, 4) is 0 Å². The molecule has 13 heavy (non-hydrogen) atoms. The molecule has 0 aliphatic carbocycles. The summed E-state index contributed by atoms with van der Waals surface area (Å²) in [7, 11) is -3.27. The van der Waals surface area contributed by atoms with Gasteiger partial charge in [-0.1, -0.05) is 0 Å². The molecule has 1 aliphatic heterocycles. The van der Waals surface area contributed by atoms with Crippen molar-refractivity contribution in [2.75, 3.05) is 13.1 Å². The van der Waals surface area contributed by atoms with Gasteiger partial charge in [-0.3, -0.25) is 0 Å². The number of hydrogen-bond donors (Lipinski definition) is 2. The molecule has 0 amide bonds. The van der Waals surface area contributed by atoms with E-state index in [0.29, 0.717) is 12.8 Å². The summed E-state index contributed by atoms with van der Waals surface area (Å²) in [6.07, 6.45) is 1.30. The van der Waals surface area contributed by atoms with Crippen LogP contribution in [0.4, 0.5) is 0 Å². The van der Waals surface area contributed by atoms with Crippen molar-refractivity contribution < 1.29 is 8.42 Å². The zero-order valence-corrected chi connectivity index (χ0v) is 10.2. The van der Waals surface area contributed by atoms with Gasteiger partial charge in [0.25, 0.3) is 0 Å². The van der Waals surface area contributed by atoms with Crippen LogP contribution in [0.1, 0.15) is 12.8 Å². The van der Waals surface area contributed by atoms with Crippen LogP contribution in [-0.4, -0.2) is 26.8 Å². The lowest BCUT2D eigenvalue weighted by Gasteiger charge is -2.19. The maximum absolute atomic E-state index is 10.7. The molecule has 1 saturated heterocycles. The number of hydrogen-bond acceptors (Lipinski definition) is 3. The molecule has 1 heterocycles. The van der Waals surface area contributed by atoms with E-state index in [1.165, 1.54) is 0 Å². The molecular formula is C5H15Cl3N2O2S. The van der Waals surface area contributed by atoms with E-state index in [-0.39, 0.29) is 42.5 Å². The van der Waals surface area contributed by atoms with Crippen LogP contribution in [0.15, 0.2) is 0 Å². The fourth-order valence-corrected chi connectivity index (χ4v) is 2.02. The minimum atomic E-state index is -3.27. The van der Waals surface area contributed by atoms with E-state index in [1.54, 1.807) is 0 Å². The molecule has 0 aromatic heterocycles. The summed E-state index contributed by atoms with van der Waals surface area (Å²) in [5.74, 6) is 0. The van der Waals surface area contributed by atoms with Gasteiger partial charge in [0, 0.05) is 0 Å². The monoisotopic (exact) mass is 272 g/mol. The maximum atomic E-state index is 10.7. The predicted molar refractivity (Wildman–Crippen MR) is 60.7 cm³/mol. The highest BCUT2D eigenvalue weighted by molar-refractivity contribution is 7.89. The second kappa shape index (κ2) is 8.08. The first-order chi connectivity index (χ1) is 4.61. The summed E-state index contributed by atoms with van der Waals surface area (Å²) in [4.78, 5) is 0. The van der Waals surface area contributed by atoms with Gasteiger partial charge >= 0.3 is 0 Å². The van der Waals surface area contributed by atoms with Crippen LogP contribution in [0.5, 0.6) is 0 Å². The summed E-state index contributed by atoms with van der Waals surface area (Å²) in [6, 6.07) is 0. The number of halogens is 3. The first-order valence-corrected chi connectivity index (χ1v) is 4.94. The first kappa shape index (κ1) is 19.3. The Morgan fingerprint density at radius 2 is 1.46 bits per heavy atom. The number of nitrogens with one attached hydrogen (secondary N) is 1. The van der Waals surface area contributed by atoms with Crippen LogP contribution >= 0.6 is 37.2 Å². The molecule has 0 aromatic carbocycles. The standard InChI is InChI=1S/C5H12N2O2S.3ClH/c6-10(8,9)5-1-3-7-4-2-5;;;/h5,7H,1-4H2,(H2,6,8,9);3*1H. The van der Waals surface area contributed by atoms with Gasteiger partial charge < -0.3 is 5.32 Å². The Balaban J connectivity index is -0.000000333. The molecule has 0 spiro atoms. The van der Waals surface area contributed by atoms with E-state index in [1.807, 2.05) is 0 Å². The van der Waals surface area contributed by atoms with Crippen molar-refractivity contribution in [2.45, 2.75) is 18.1 Å². The smallest absolute Gasteiger partial charge is 0.212 e. The van der Waals surface area contributed by atoms with Crippen LogP contribution in [-0.2, 0) is 10.0 Å². The van der Waals surface area contributed by atoms with Crippen LogP contribution in [0, 0.1) is 0 Å². The number of piperidine rings is 1. The van der Waals surface area contributed by atoms with Crippen LogP contribution in [0.3, 0.4) is 0 Å². The van der Waals surface area contributed by atoms with Gasteiger partial charge in [-0.2, -0.15) is 0 Å². The third-order valence-corrected chi connectivity index (χ3v) is 3.15. The van der Waals surface area contributed by atoms with Crippen LogP contribution < -0.4 is 10.5 Å². The van der Waals surface area contributed by atoms with Crippen molar-refractivity contribution >= 4 is 47.2 Å². The molecule has 0 saturated carbocycles. The van der Waals surface area contributed by atoms with Gasteiger partial charge in [0.05, 0.1) is 5.25 Å². The summed E-state index contributed by atoms with van der Waals surface area (Å²) >= 11 is 0. The topological polar surface area (TPSA) is 72.2 Å². The summed E-state index contributed by atoms with van der Waals surface area (Å²) < 4.78 is 21.5. The van der Waals surface area contributed by atoms with Crippen LogP contribution in [0.25, 0.3) is 0 Å². The average Bonchev–Trinajstić information content (AvgIpc) is 1.88. The second-order valence-corrected chi connectivity index (χ2v) is 4.38. The summed E-state index contributed by atoms with van der Waals surface area (Å²) in [5, 5.41) is 7.71. The molecule has 1 aliphatic rings. The van der Waals surface area contributed by atoms with Gasteiger partial charge in [0.15, 0.2) is 0 Å². The largest absolute Gasteiger partial charge is 0.317 e. The van der Waals surface area contributed by atoms with Crippen molar-refractivity contribution in [3.63, 3.8) is 0 Å². The van der Waals surface area contributed by atoms with E-state index < -0.39 is 10.0 Å². The number of nitrogens with two attached hydrogens (primary N) is 1. The van der Waals surface area contributed by atoms with Crippen molar-refractivity contribution in [2.24, 2.45) is 5.14 Å². The third-order valence-electron chi connectivity index (χ3n) is 1.75. The van der Waals surface area contributed by atoms with E-state index in [2.05, 4.69) is 5.32 Å². The first-order valence-electron chi connectivity index (χ1n) is 3.33. The quantitative estimate of drug-likeness (QED) is 0.721. The lowest BCUT2D eigenvalue weighted by molar-refractivity contribution is 0.497. The fraction of sp³-hybridized carbons (Fsp3) is 1.00. The highest BCUT2D eigenvalue weighted by atomic mass is 35.5. The van der Waals surface area contributed by atoms with Crippen molar-refractivity contribution in [1.29, 1.82) is 0 Å². The molecule has 0 bridgehead atoms. The molecule has 4 nitrogen and oxygen atoms in total. The van der Waals surface area contributed by atoms with Crippen LogP contribution in [0.2, 0.25) is 0 Å². The van der Waals surface area contributed by atoms with E-state index >= 15 is 0 Å². The third kappa shape index (κ3) is 6.76. The fourth-order valence-electron chi connectivity index (χ4n) is 1.12. The zero-order chi connectivity index (χ0) is 7.61. The minimum Gasteiger partial charge on any atom is -0.317 e. The molecule has 0 radical (unpaired) electrons. The zero-order valence-electron chi connectivity index (χ0n) is 6.93. The van der Waals surface area contributed by atoms with Gasteiger partial charge in [-0.25, -0.2) is 13.6 Å². The lowest BCUT2D eigenvalue weighted by atomic mass is 10.2. The number of primary sulfonamides is 1. The van der Waals surface area contributed by atoms with Gasteiger partial charge in [-0.05, 0) is 25.9 Å². The van der Waals surface area contributed by atoms with E-state index in [9.17, 15) is 8.42 Å². The minimum absolute atomic E-state index is 0. The molecule has 0 atom stereocenters. The molecule has 8 heteroatoms. The average molecular weight is 274 g/mol. The predicted octanol–water partition coefficient (Wildman–Crippen LogP) is 0.292. The van der Waals surface area contributed by atoms with E-state index in [4.69, 9.17) is 5.14 Å². The summed E-state index contributed by atoms with van der Waals surface area (Å²) in [6.45, 7) is 1.53. The Morgan fingerprint density at radius 3 is 1.69 bits per heavy atom. The second-order valence-electron chi connectivity index (χ2n) is 2.54.